The molecule has 1 heterocycles. The summed E-state index contributed by atoms with van der Waals surface area (Å²) < 4.78 is 0. The zero-order valence-electron chi connectivity index (χ0n) is 14.8. The van der Waals surface area contributed by atoms with E-state index < -0.39 is 23.1 Å². The predicted molar refractivity (Wildman–Crippen MR) is 101 cm³/mol. The summed E-state index contributed by atoms with van der Waals surface area (Å²) in [6.07, 6.45) is 5.02. The molecule has 0 bridgehead atoms. The van der Waals surface area contributed by atoms with Gasteiger partial charge in [-0.1, -0.05) is 60.7 Å². The van der Waals surface area contributed by atoms with E-state index in [1.54, 1.807) is 0 Å². The van der Waals surface area contributed by atoms with Crippen LogP contribution in [0.25, 0.3) is 0 Å². The van der Waals surface area contributed by atoms with Crippen molar-refractivity contribution >= 4 is 17.7 Å². The van der Waals surface area contributed by atoms with Crippen molar-refractivity contribution in [1.82, 2.24) is 10.6 Å². The third-order valence-corrected chi connectivity index (χ3v) is 4.86. The number of nitrogens with one attached hydrogen (secondary N) is 2. The van der Waals surface area contributed by atoms with Gasteiger partial charge in [-0.3, -0.25) is 19.7 Å². The minimum atomic E-state index is -1.52. The molecule has 1 aliphatic heterocycles. The molecule has 27 heavy (non-hydrogen) atoms. The average molecular weight is 360 g/mol. The summed E-state index contributed by atoms with van der Waals surface area (Å²) in [5, 5.41) is 5.04. The van der Waals surface area contributed by atoms with Crippen molar-refractivity contribution in [3.05, 3.63) is 71.8 Å². The van der Waals surface area contributed by atoms with Gasteiger partial charge in [0, 0.05) is 18.9 Å². The van der Waals surface area contributed by atoms with E-state index in [1.165, 1.54) is 0 Å². The van der Waals surface area contributed by atoms with E-state index in [0.717, 1.165) is 11.1 Å². The first-order valence-electron chi connectivity index (χ1n) is 8.73. The normalized spacial score (nSPS) is 18.8. The molecule has 5 nitrogen and oxygen atoms in total. The van der Waals surface area contributed by atoms with Crippen molar-refractivity contribution in [3.8, 4) is 12.3 Å². The van der Waals surface area contributed by atoms with E-state index >= 15 is 0 Å². The molecule has 0 spiro atoms. The Balaban J connectivity index is 1.83. The van der Waals surface area contributed by atoms with Crippen LogP contribution in [-0.4, -0.2) is 24.3 Å². The molecule has 2 aromatic carbocycles. The van der Waals surface area contributed by atoms with Gasteiger partial charge < -0.3 is 5.32 Å². The number of imide groups is 1. The fraction of sp³-hybridized carbons (Fsp3) is 0.227. The molecule has 0 radical (unpaired) electrons. The second-order valence-corrected chi connectivity index (χ2v) is 6.60. The molecule has 3 rings (SSSR count). The van der Waals surface area contributed by atoms with Crippen molar-refractivity contribution in [2.45, 2.75) is 18.8 Å². The Morgan fingerprint density at radius 1 is 1.07 bits per heavy atom. The Kier molecular flexibility index (Phi) is 5.37. The largest absolute Gasteiger partial charge is 0.354 e. The second kappa shape index (κ2) is 7.88. The molecule has 136 valence electrons. The summed E-state index contributed by atoms with van der Waals surface area (Å²) in [6, 6.07) is 19.6. The summed E-state index contributed by atoms with van der Waals surface area (Å²) in [5.41, 5.74) is 0.563. The standard InChI is InChI=1S/C22H20N2O3/c1-2-13-22(14-19(25)24-21(22)27)20(26)23-15-18(16-9-5-3-6-10-16)17-11-7-4-8-12-17/h1,3-12,18H,13-15H2,(H,23,26)(H,24,25,27). The van der Waals surface area contributed by atoms with Gasteiger partial charge in [-0.25, -0.2) is 0 Å². The molecular weight excluding hydrogens is 340 g/mol. The quantitative estimate of drug-likeness (QED) is 0.470. The first-order valence-corrected chi connectivity index (χ1v) is 8.73. The van der Waals surface area contributed by atoms with Crippen LogP contribution in [0.15, 0.2) is 60.7 Å². The summed E-state index contributed by atoms with van der Waals surface area (Å²) in [5.74, 6) is 0.658. The van der Waals surface area contributed by atoms with E-state index in [-0.39, 0.29) is 18.8 Å². The van der Waals surface area contributed by atoms with Crippen LogP contribution in [0.2, 0.25) is 0 Å². The lowest BCUT2D eigenvalue weighted by Gasteiger charge is -2.24. The molecule has 2 aromatic rings. The highest BCUT2D eigenvalue weighted by molar-refractivity contribution is 6.17. The van der Waals surface area contributed by atoms with Gasteiger partial charge in [0.05, 0.1) is 6.42 Å². The highest BCUT2D eigenvalue weighted by atomic mass is 16.2. The highest BCUT2D eigenvalue weighted by Gasteiger charge is 2.52. The summed E-state index contributed by atoms with van der Waals surface area (Å²) in [4.78, 5) is 36.7. The maximum atomic E-state index is 12.9. The molecule has 5 heteroatoms. The van der Waals surface area contributed by atoms with Crippen LogP contribution >= 0.6 is 0 Å². The van der Waals surface area contributed by atoms with Crippen LogP contribution in [0.1, 0.15) is 29.9 Å². The molecule has 0 aliphatic carbocycles. The van der Waals surface area contributed by atoms with E-state index in [2.05, 4.69) is 16.6 Å². The van der Waals surface area contributed by atoms with Gasteiger partial charge in [-0.05, 0) is 11.1 Å². The van der Waals surface area contributed by atoms with Gasteiger partial charge in [-0.15, -0.1) is 12.3 Å². The Labute approximate surface area is 158 Å². The fourth-order valence-corrected chi connectivity index (χ4v) is 3.39. The van der Waals surface area contributed by atoms with Gasteiger partial charge in [0.25, 0.3) is 0 Å². The SMILES string of the molecule is C#CCC1(C(=O)NCC(c2ccccc2)c2ccccc2)CC(=O)NC1=O. The molecule has 1 atom stereocenters. The van der Waals surface area contributed by atoms with Crippen molar-refractivity contribution < 1.29 is 14.4 Å². The van der Waals surface area contributed by atoms with Crippen molar-refractivity contribution in [1.29, 1.82) is 0 Å². The minimum Gasteiger partial charge on any atom is -0.354 e. The van der Waals surface area contributed by atoms with Crippen LogP contribution in [0.5, 0.6) is 0 Å². The van der Waals surface area contributed by atoms with Crippen LogP contribution in [0.3, 0.4) is 0 Å². The Morgan fingerprint density at radius 2 is 1.63 bits per heavy atom. The van der Waals surface area contributed by atoms with Crippen LogP contribution in [0, 0.1) is 17.8 Å². The molecule has 0 saturated carbocycles. The molecular formula is C22H20N2O3. The Morgan fingerprint density at radius 3 is 2.07 bits per heavy atom. The second-order valence-electron chi connectivity index (χ2n) is 6.60. The molecule has 2 N–H and O–H groups in total. The lowest BCUT2D eigenvalue weighted by molar-refractivity contribution is -0.140. The summed E-state index contributed by atoms with van der Waals surface area (Å²) >= 11 is 0. The van der Waals surface area contributed by atoms with Gasteiger partial charge in [0.1, 0.15) is 5.41 Å². The van der Waals surface area contributed by atoms with Crippen molar-refractivity contribution in [2.24, 2.45) is 5.41 Å². The highest BCUT2D eigenvalue weighted by Crippen LogP contribution is 2.32. The molecule has 1 aliphatic rings. The Hall–Kier alpha value is -3.39. The maximum Gasteiger partial charge on any atom is 0.243 e. The first kappa shape index (κ1) is 18.4. The van der Waals surface area contributed by atoms with Gasteiger partial charge in [0.15, 0.2) is 0 Å². The van der Waals surface area contributed by atoms with Crippen LogP contribution < -0.4 is 10.6 Å². The molecule has 1 saturated heterocycles. The van der Waals surface area contributed by atoms with E-state index in [4.69, 9.17) is 6.42 Å². The third kappa shape index (κ3) is 3.75. The van der Waals surface area contributed by atoms with Gasteiger partial charge >= 0.3 is 0 Å². The lowest BCUT2D eigenvalue weighted by Crippen LogP contribution is -2.46. The van der Waals surface area contributed by atoms with E-state index in [1.807, 2.05) is 60.7 Å². The number of rotatable bonds is 6. The van der Waals surface area contributed by atoms with E-state index in [9.17, 15) is 14.4 Å². The molecule has 1 fully saturated rings. The number of carbonyl (C=O) groups is 3. The number of amides is 3. The molecule has 3 amide bonds. The number of hydrogen-bond acceptors (Lipinski definition) is 3. The maximum absolute atomic E-state index is 12.9. The number of hydrogen-bond donors (Lipinski definition) is 2. The topological polar surface area (TPSA) is 75.3 Å². The number of terminal acetylenes is 1. The zero-order valence-corrected chi connectivity index (χ0v) is 14.8. The van der Waals surface area contributed by atoms with Crippen LogP contribution in [-0.2, 0) is 14.4 Å². The van der Waals surface area contributed by atoms with Crippen molar-refractivity contribution in [3.63, 3.8) is 0 Å². The third-order valence-electron chi connectivity index (χ3n) is 4.86. The number of benzene rings is 2. The minimum absolute atomic E-state index is 0.0839. The lowest BCUT2D eigenvalue weighted by atomic mass is 9.81. The first-order chi connectivity index (χ1) is 13.1. The zero-order chi connectivity index (χ0) is 19.3. The van der Waals surface area contributed by atoms with E-state index in [0.29, 0.717) is 6.54 Å². The number of carbonyl (C=O) groups excluding carboxylic acids is 3. The fourth-order valence-electron chi connectivity index (χ4n) is 3.39. The van der Waals surface area contributed by atoms with Crippen molar-refractivity contribution in [2.75, 3.05) is 6.54 Å². The monoisotopic (exact) mass is 360 g/mol. The summed E-state index contributed by atoms with van der Waals surface area (Å²) in [7, 11) is 0. The van der Waals surface area contributed by atoms with Gasteiger partial charge in [0.2, 0.25) is 17.7 Å². The Bertz CT molecular complexity index is 847. The molecule has 0 aromatic heterocycles. The van der Waals surface area contributed by atoms with Gasteiger partial charge in [-0.2, -0.15) is 0 Å². The summed E-state index contributed by atoms with van der Waals surface area (Å²) in [6.45, 7) is 0.292. The average Bonchev–Trinajstić information content (AvgIpc) is 2.98. The predicted octanol–water partition coefficient (Wildman–Crippen LogP) is 1.99. The molecule has 1 unspecified atom stereocenters. The van der Waals surface area contributed by atoms with Crippen LogP contribution in [0.4, 0.5) is 0 Å². The smallest absolute Gasteiger partial charge is 0.243 e.